The Balaban J connectivity index is 1.19. The summed E-state index contributed by atoms with van der Waals surface area (Å²) in [6.07, 6.45) is 3.41. The zero-order valence-electron chi connectivity index (χ0n) is 17.2. The largest absolute Gasteiger partial charge is 0.420 e. The average molecular weight is 431 g/mol. The molecular formula is C22H21N7O3. The van der Waals surface area contributed by atoms with Crippen LogP contribution in [0, 0.1) is 0 Å². The van der Waals surface area contributed by atoms with Crippen molar-refractivity contribution in [3.05, 3.63) is 71.5 Å². The standard InChI is InChI=1S/C22H21N7O3/c30-21(15-29-17-3-1-2-4-18(17)32-22(29)31)28-13-11-27(12-14-28)20-6-5-19(25-26-20)24-16-7-9-23-10-8-16/h1-10H,11-15H2,(H,23,24,25). The van der Waals surface area contributed by atoms with E-state index in [4.69, 9.17) is 4.42 Å². The maximum absolute atomic E-state index is 12.8. The van der Waals surface area contributed by atoms with Crippen molar-refractivity contribution in [3.8, 4) is 0 Å². The molecule has 1 fully saturated rings. The molecular weight excluding hydrogens is 410 g/mol. The predicted octanol–water partition coefficient (Wildman–Crippen LogP) is 1.87. The number of hydrogen-bond donors (Lipinski definition) is 1. The van der Waals surface area contributed by atoms with E-state index < -0.39 is 5.76 Å². The first kappa shape index (κ1) is 19.7. The molecule has 0 spiro atoms. The summed E-state index contributed by atoms with van der Waals surface area (Å²) in [4.78, 5) is 32.8. The second-order valence-corrected chi connectivity index (χ2v) is 7.43. The number of amides is 1. The van der Waals surface area contributed by atoms with Crippen LogP contribution in [0.25, 0.3) is 11.1 Å². The van der Waals surface area contributed by atoms with Crippen LogP contribution in [0.2, 0.25) is 0 Å². The predicted molar refractivity (Wildman–Crippen MR) is 119 cm³/mol. The van der Waals surface area contributed by atoms with E-state index >= 15 is 0 Å². The molecule has 0 radical (unpaired) electrons. The molecule has 10 nitrogen and oxygen atoms in total. The highest BCUT2D eigenvalue weighted by Crippen LogP contribution is 2.18. The fourth-order valence-electron chi connectivity index (χ4n) is 3.73. The summed E-state index contributed by atoms with van der Waals surface area (Å²) in [6.45, 7) is 2.33. The van der Waals surface area contributed by atoms with E-state index in [1.54, 1.807) is 35.5 Å². The fraction of sp³-hybridized carbons (Fsp3) is 0.227. The van der Waals surface area contributed by atoms with Crippen LogP contribution in [0.3, 0.4) is 0 Å². The molecule has 1 amide bonds. The molecule has 1 aliphatic rings. The van der Waals surface area contributed by atoms with Gasteiger partial charge in [0.2, 0.25) is 5.91 Å². The maximum Gasteiger partial charge on any atom is 0.420 e. The second-order valence-electron chi connectivity index (χ2n) is 7.43. The number of hydrogen-bond acceptors (Lipinski definition) is 8. The zero-order valence-corrected chi connectivity index (χ0v) is 17.2. The van der Waals surface area contributed by atoms with E-state index in [1.165, 1.54) is 4.57 Å². The maximum atomic E-state index is 12.8. The first-order chi connectivity index (χ1) is 15.7. The van der Waals surface area contributed by atoms with E-state index in [9.17, 15) is 9.59 Å². The number of rotatable bonds is 5. The lowest BCUT2D eigenvalue weighted by molar-refractivity contribution is -0.132. The highest BCUT2D eigenvalue weighted by Gasteiger charge is 2.23. The number of carbonyl (C=O) groups is 1. The Morgan fingerprint density at radius 2 is 1.75 bits per heavy atom. The fourth-order valence-corrected chi connectivity index (χ4v) is 3.73. The van der Waals surface area contributed by atoms with Gasteiger partial charge in [-0.1, -0.05) is 12.1 Å². The van der Waals surface area contributed by atoms with E-state index in [2.05, 4.69) is 25.4 Å². The second kappa shape index (κ2) is 8.50. The molecule has 0 bridgehead atoms. The van der Waals surface area contributed by atoms with Crippen molar-refractivity contribution in [2.24, 2.45) is 0 Å². The van der Waals surface area contributed by atoms with Crippen LogP contribution < -0.4 is 16.0 Å². The Kier molecular flexibility index (Phi) is 5.24. The van der Waals surface area contributed by atoms with Gasteiger partial charge in [-0.15, -0.1) is 10.2 Å². The van der Waals surface area contributed by atoms with Gasteiger partial charge in [0.25, 0.3) is 0 Å². The molecule has 0 atom stereocenters. The summed E-state index contributed by atoms with van der Waals surface area (Å²) in [5.41, 5.74) is 1.99. The van der Waals surface area contributed by atoms with Crippen molar-refractivity contribution >= 4 is 34.3 Å². The van der Waals surface area contributed by atoms with Crippen LogP contribution in [-0.2, 0) is 11.3 Å². The summed E-state index contributed by atoms with van der Waals surface area (Å²) in [5.74, 6) is 0.774. The molecule has 5 rings (SSSR count). The van der Waals surface area contributed by atoms with Crippen LogP contribution in [0.4, 0.5) is 17.3 Å². The monoisotopic (exact) mass is 431 g/mol. The summed E-state index contributed by atoms with van der Waals surface area (Å²) in [5, 5.41) is 11.7. The van der Waals surface area contributed by atoms with Gasteiger partial charge in [0.1, 0.15) is 6.54 Å². The number of fused-ring (bicyclic) bond motifs is 1. The van der Waals surface area contributed by atoms with Gasteiger partial charge < -0.3 is 19.5 Å². The van der Waals surface area contributed by atoms with Crippen molar-refractivity contribution in [1.29, 1.82) is 0 Å². The number of benzene rings is 1. The van der Waals surface area contributed by atoms with Crippen LogP contribution in [-0.4, -0.2) is 56.7 Å². The molecule has 4 aromatic rings. The molecule has 162 valence electrons. The van der Waals surface area contributed by atoms with E-state index in [0.717, 1.165) is 11.5 Å². The number of oxazole rings is 1. The van der Waals surface area contributed by atoms with Gasteiger partial charge >= 0.3 is 5.76 Å². The number of nitrogens with one attached hydrogen (secondary N) is 1. The molecule has 32 heavy (non-hydrogen) atoms. The lowest BCUT2D eigenvalue weighted by Crippen LogP contribution is -2.50. The van der Waals surface area contributed by atoms with Crippen molar-refractivity contribution in [2.75, 3.05) is 36.4 Å². The molecule has 4 heterocycles. The van der Waals surface area contributed by atoms with Crippen molar-refractivity contribution in [3.63, 3.8) is 0 Å². The smallest absolute Gasteiger partial charge is 0.408 e. The third-order valence-corrected chi connectivity index (χ3v) is 5.43. The summed E-state index contributed by atoms with van der Waals surface area (Å²) in [6, 6.07) is 14.6. The molecule has 3 aromatic heterocycles. The highest BCUT2D eigenvalue weighted by atomic mass is 16.4. The Bertz CT molecular complexity index is 1280. The summed E-state index contributed by atoms with van der Waals surface area (Å²) in [7, 11) is 0. The molecule has 0 saturated carbocycles. The zero-order chi connectivity index (χ0) is 21.9. The number of carbonyl (C=O) groups excluding carboxylic acids is 1. The van der Waals surface area contributed by atoms with Gasteiger partial charge in [-0.2, -0.15) is 0 Å². The molecule has 1 aliphatic heterocycles. The van der Waals surface area contributed by atoms with Crippen LogP contribution in [0.15, 0.2) is 70.1 Å². The van der Waals surface area contributed by atoms with Crippen molar-refractivity contribution in [2.45, 2.75) is 6.54 Å². The Labute approximate surface area is 183 Å². The SMILES string of the molecule is O=C(Cn1c(=O)oc2ccccc21)N1CCN(c2ccc(Nc3ccncc3)nn2)CC1. The number of aromatic nitrogens is 4. The molecule has 10 heteroatoms. The van der Waals surface area contributed by atoms with E-state index in [1.807, 2.05) is 30.3 Å². The number of pyridine rings is 1. The van der Waals surface area contributed by atoms with Crippen LogP contribution >= 0.6 is 0 Å². The third kappa shape index (κ3) is 4.02. The minimum Gasteiger partial charge on any atom is -0.408 e. The topological polar surface area (TPSA) is 109 Å². The van der Waals surface area contributed by atoms with Gasteiger partial charge in [0.15, 0.2) is 17.2 Å². The average Bonchev–Trinajstić information content (AvgIpc) is 3.15. The van der Waals surface area contributed by atoms with Crippen molar-refractivity contribution in [1.82, 2.24) is 24.6 Å². The Hall–Kier alpha value is -4.21. The van der Waals surface area contributed by atoms with Gasteiger partial charge in [-0.05, 0) is 36.4 Å². The number of anilines is 3. The summed E-state index contributed by atoms with van der Waals surface area (Å²) < 4.78 is 6.59. The Morgan fingerprint density at radius 3 is 2.50 bits per heavy atom. The first-order valence-electron chi connectivity index (χ1n) is 10.3. The Morgan fingerprint density at radius 1 is 0.969 bits per heavy atom. The van der Waals surface area contributed by atoms with Gasteiger partial charge in [-0.3, -0.25) is 14.3 Å². The molecule has 1 aromatic carbocycles. The van der Waals surface area contributed by atoms with Gasteiger partial charge in [0, 0.05) is 44.3 Å². The summed E-state index contributed by atoms with van der Waals surface area (Å²) >= 11 is 0. The highest BCUT2D eigenvalue weighted by molar-refractivity contribution is 5.79. The molecule has 0 unspecified atom stereocenters. The van der Waals surface area contributed by atoms with E-state index in [-0.39, 0.29) is 12.5 Å². The van der Waals surface area contributed by atoms with E-state index in [0.29, 0.717) is 43.1 Å². The first-order valence-corrected chi connectivity index (χ1v) is 10.3. The minimum absolute atomic E-state index is 0.0367. The molecule has 1 saturated heterocycles. The number of nitrogens with zero attached hydrogens (tertiary/aromatic N) is 6. The lowest BCUT2D eigenvalue weighted by atomic mass is 10.3. The number of piperazine rings is 1. The number of para-hydroxylation sites is 2. The van der Waals surface area contributed by atoms with Crippen molar-refractivity contribution < 1.29 is 9.21 Å². The van der Waals surface area contributed by atoms with Gasteiger partial charge in [0.05, 0.1) is 5.52 Å². The van der Waals surface area contributed by atoms with Gasteiger partial charge in [-0.25, -0.2) is 4.79 Å². The van der Waals surface area contributed by atoms with Crippen LogP contribution in [0.1, 0.15) is 0 Å². The lowest BCUT2D eigenvalue weighted by Gasteiger charge is -2.35. The molecule has 0 aliphatic carbocycles. The van der Waals surface area contributed by atoms with Crippen LogP contribution in [0.5, 0.6) is 0 Å². The molecule has 1 N–H and O–H groups in total. The normalized spacial score (nSPS) is 14.0. The quantitative estimate of drug-likeness (QED) is 0.510. The minimum atomic E-state index is -0.520. The third-order valence-electron chi connectivity index (χ3n) is 5.43.